The van der Waals surface area contributed by atoms with Gasteiger partial charge in [-0.05, 0) is 55.4 Å². The number of rotatable bonds is 6. The highest BCUT2D eigenvalue weighted by atomic mass is 19.3. The van der Waals surface area contributed by atoms with Gasteiger partial charge in [-0.25, -0.2) is 23.7 Å². The SMILES string of the molecule is O=C(NCC(F)F)c1cnc2ccc(C3=CCCCc4nc(NC5CCOCC5)ncc43)cn12. The van der Waals surface area contributed by atoms with Crippen LogP contribution in [0.2, 0.25) is 0 Å². The van der Waals surface area contributed by atoms with Crippen molar-refractivity contribution < 1.29 is 18.3 Å². The van der Waals surface area contributed by atoms with E-state index in [9.17, 15) is 13.6 Å². The second kappa shape index (κ2) is 9.84. The molecule has 0 aromatic carbocycles. The van der Waals surface area contributed by atoms with Gasteiger partial charge >= 0.3 is 0 Å². The molecule has 8 nitrogen and oxygen atoms in total. The Hall–Kier alpha value is -3.40. The molecule has 1 aliphatic carbocycles. The van der Waals surface area contributed by atoms with Crippen molar-refractivity contribution in [2.45, 2.75) is 44.6 Å². The van der Waals surface area contributed by atoms with Crippen molar-refractivity contribution in [1.82, 2.24) is 24.7 Å². The van der Waals surface area contributed by atoms with Gasteiger partial charge in [-0.3, -0.25) is 9.20 Å². The summed E-state index contributed by atoms with van der Waals surface area (Å²) in [6.07, 6.45) is 9.18. The second-order valence-electron chi connectivity index (χ2n) is 8.49. The number of anilines is 1. The summed E-state index contributed by atoms with van der Waals surface area (Å²) in [6.45, 7) is 0.786. The Labute approximate surface area is 195 Å². The molecule has 34 heavy (non-hydrogen) atoms. The van der Waals surface area contributed by atoms with Crippen molar-refractivity contribution in [3.05, 3.63) is 59.3 Å². The number of fused-ring (bicyclic) bond motifs is 2. The van der Waals surface area contributed by atoms with Gasteiger partial charge in [0.25, 0.3) is 12.3 Å². The minimum atomic E-state index is -2.61. The standard InChI is InChI=1S/C24H26F2N6O2/c25-21(26)13-28-23(33)20-12-27-22-6-5-15(14-32(20)22)17-3-1-2-4-19-18(17)11-29-24(31-19)30-16-7-9-34-10-8-16/h3,5-6,11-12,14,16,21H,1-2,4,7-10,13H2,(H,28,33)(H,29,30,31). The van der Waals surface area contributed by atoms with Gasteiger partial charge in [0, 0.05) is 37.2 Å². The Bertz CT molecular complexity index is 1220. The first-order valence-electron chi connectivity index (χ1n) is 11.5. The third-order valence-electron chi connectivity index (χ3n) is 6.14. The average Bonchev–Trinajstić information content (AvgIpc) is 3.15. The van der Waals surface area contributed by atoms with Gasteiger partial charge in [-0.15, -0.1) is 0 Å². The van der Waals surface area contributed by atoms with Crippen LogP contribution in [0.25, 0.3) is 11.2 Å². The Morgan fingerprint density at radius 1 is 1.21 bits per heavy atom. The average molecular weight is 469 g/mol. The van der Waals surface area contributed by atoms with Crippen LogP contribution in [0.4, 0.5) is 14.7 Å². The maximum atomic E-state index is 12.5. The predicted molar refractivity (Wildman–Crippen MR) is 123 cm³/mol. The van der Waals surface area contributed by atoms with E-state index in [2.05, 4.69) is 26.7 Å². The molecule has 1 amide bonds. The summed E-state index contributed by atoms with van der Waals surface area (Å²) in [7, 11) is 0. The van der Waals surface area contributed by atoms with Gasteiger partial charge in [0.1, 0.15) is 11.3 Å². The Kier molecular flexibility index (Phi) is 6.48. The van der Waals surface area contributed by atoms with E-state index in [1.165, 1.54) is 6.20 Å². The maximum absolute atomic E-state index is 12.5. The molecule has 0 radical (unpaired) electrons. The number of nitrogens with zero attached hydrogens (tertiary/aromatic N) is 4. The van der Waals surface area contributed by atoms with Gasteiger partial charge in [0.05, 0.1) is 18.4 Å². The first kappa shape index (κ1) is 22.4. The lowest BCUT2D eigenvalue weighted by molar-refractivity contribution is 0.0886. The van der Waals surface area contributed by atoms with Crippen molar-refractivity contribution in [2.75, 3.05) is 25.1 Å². The number of aryl methyl sites for hydroxylation is 1. The molecule has 3 aromatic heterocycles. The quantitative estimate of drug-likeness (QED) is 0.576. The number of aromatic nitrogens is 4. The smallest absolute Gasteiger partial charge is 0.270 e. The number of carbonyl (C=O) groups is 1. The van der Waals surface area contributed by atoms with Gasteiger partial charge in [-0.1, -0.05) is 6.08 Å². The molecule has 178 valence electrons. The molecule has 1 aliphatic heterocycles. The third-order valence-corrected chi connectivity index (χ3v) is 6.14. The van der Waals surface area contributed by atoms with Gasteiger partial charge < -0.3 is 15.4 Å². The number of ether oxygens (including phenoxy) is 1. The van der Waals surface area contributed by atoms with E-state index in [1.807, 2.05) is 24.5 Å². The Morgan fingerprint density at radius 2 is 2.06 bits per heavy atom. The highest BCUT2D eigenvalue weighted by molar-refractivity contribution is 5.93. The van der Waals surface area contributed by atoms with Crippen LogP contribution in [-0.4, -0.2) is 57.5 Å². The molecule has 4 heterocycles. The minimum Gasteiger partial charge on any atom is -0.381 e. The number of carbonyl (C=O) groups excluding carboxylic acids is 1. The van der Waals surface area contributed by atoms with Crippen molar-refractivity contribution >= 4 is 23.1 Å². The van der Waals surface area contributed by atoms with Crippen LogP contribution in [0.15, 0.2) is 36.8 Å². The molecule has 10 heteroatoms. The molecule has 1 fully saturated rings. The molecule has 1 saturated heterocycles. The number of hydrogen-bond donors (Lipinski definition) is 2. The zero-order valence-corrected chi connectivity index (χ0v) is 18.6. The number of imidazole rings is 1. The number of alkyl halides is 2. The van der Waals surface area contributed by atoms with Crippen LogP contribution < -0.4 is 10.6 Å². The topological polar surface area (TPSA) is 93.4 Å². The number of pyridine rings is 1. The Morgan fingerprint density at radius 3 is 2.88 bits per heavy atom. The maximum Gasteiger partial charge on any atom is 0.270 e. The van der Waals surface area contributed by atoms with Crippen LogP contribution in [0.3, 0.4) is 0 Å². The van der Waals surface area contributed by atoms with E-state index in [-0.39, 0.29) is 5.69 Å². The molecule has 5 rings (SSSR count). The molecular weight excluding hydrogens is 442 g/mol. The summed E-state index contributed by atoms with van der Waals surface area (Å²) in [5.41, 5.74) is 4.57. The first-order chi connectivity index (χ1) is 16.6. The monoisotopic (exact) mass is 468 g/mol. The molecule has 0 unspecified atom stereocenters. The van der Waals surface area contributed by atoms with Crippen LogP contribution in [0.1, 0.15) is 53.0 Å². The van der Waals surface area contributed by atoms with Gasteiger partial charge in [-0.2, -0.15) is 0 Å². The van der Waals surface area contributed by atoms with Crippen LogP contribution in [-0.2, 0) is 11.2 Å². The lowest BCUT2D eigenvalue weighted by Gasteiger charge is -2.23. The summed E-state index contributed by atoms with van der Waals surface area (Å²) in [4.78, 5) is 26.1. The number of hydrogen-bond acceptors (Lipinski definition) is 6. The summed E-state index contributed by atoms with van der Waals surface area (Å²) in [6, 6.07) is 4.07. The molecule has 0 bridgehead atoms. The summed E-state index contributed by atoms with van der Waals surface area (Å²) in [5, 5.41) is 5.68. The van der Waals surface area contributed by atoms with Crippen molar-refractivity contribution in [2.24, 2.45) is 0 Å². The van der Waals surface area contributed by atoms with E-state index >= 15 is 0 Å². The highest BCUT2D eigenvalue weighted by Crippen LogP contribution is 2.31. The number of nitrogens with one attached hydrogen (secondary N) is 2. The van der Waals surface area contributed by atoms with Gasteiger partial charge in [0.2, 0.25) is 5.95 Å². The van der Waals surface area contributed by atoms with Crippen LogP contribution in [0.5, 0.6) is 0 Å². The molecule has 0 atom stereocenters. The van der Waals surface area contributed by atoms with Crippen molar-refractivity contribution in [3.8, 4) is 0 Å². The van der Waals surface area contributed by atoms with Gasteiger partial charge in [0.15, 0.2) is 0 Å². The van der Waals surface area contributed by atoms with Crippen molar-refractivity contribution in [3.63, 3.8) is 0 Å². The fourth-order valence-electron chi connectivity index (χ4n) is 4.39. The van der Waals surface area contributed by atoms with Crippen LogP contribution in [0, 0.1) is 0 Å². The normalized spacial score (nSPS) is 16.7. The zero-order chi connectivity index (χ0) is 23.5. The van der Waals surface area contributed by atoms with E-state index in [0.29, 0.717) is 17.6 Å². The molecule has 2 aliphatic rings. The fourth-order valence-corrected chi connectivity index (χ4v) is 4.39. The largest absolute Gasteiger partial charge is 0.381 e. The summed E-state index contributed by atoms with van der Waals surface area (Å²) < 4.78 is 32.1. The fraction of sp³-hybridized carbons (Fsp3) is 0.417. The highest BCUT2D eigenvalue weighted by Gasteiger charge is 2.20. The molecule has 0 saturated carbocycles. The second-order valence-corrected chi connectivity index (χ2v) is 8.49. The lowest BCUT2D eigenvalue weighted by Crippen LogP contribution is -2.29. The molecule has 2 N–H and O–H groups in total. The first-order valence-corrected chi connectivity index (χ1v) is 11.5. The van der Waals surface area contributed by atoms with E-state index < -0.39 is 18.9 Å². The number of halogens is 2. The summed E-state index contributed by atoms with van der Waals surface area (Å²) in [5.74, 6) is 0.0438. The van der Waals surface area contributed by atoms with Crippen LogP contribution >= 0.6 is 0 Å². The van der Waals surface area contributed by atoms with E-state index in [0.717, 1.165) is 67.7 Å². The summed E-state index contributed by atoms with van der Waals surface area (Å²) >= 11 is 0. The minimum absolute atomic E-state index is 0.208. The van der Waals surface area contributed by atoms with E-state index in [1.54, 1.807) is 4.40 Å². The molecular formula is C24H26F2N6O2. The molecule has 3 aromatic rings. The lowest BCUT2D eigenvalue weighted by atomic mass is 9.99. The van der Waals surface area contributed by atoms with E-state index in [4.69, 9.17) is 9.72 Å². The molecule has 0 spiro atoms. The Balaban J connectivity index is 1.44. The third kappa shape index (κ3) is 4.77. The van der Waals surface area contributed by atoms with Crippen molar-refractivity contribution in [1.29, 1.82) is 0 Å². The number of allylic oxidation sites excluding steroid dienone is 1. The predicted octanol–water partition coefficient (Wildman–Crippen LogP) is 3.48. The number of amides is 1. The zero-order valence-electron chi connectivity index (χ0n) is 18.6.